The van der Waals surface area contributed by atoms with Gasteiger partial charge in [-0.05, 0) is 35.7 Å². The highest BCUT2D eigenvalue weighted by Gasteiger charge is 2.13. The van der Waals surface area contributed by atoms with Gasteiger partial charge in [-0.25, -0.2) is 0 Å². The summed E-state index contributed by atoms with van der Waals surface area (Å²) >= 11 is 0. The molecule has 0 spiro atoms. The normalized spacial score (nSPS) is 12.0. The molecule has 3 N–H and O–H groups in total. The smallest absolute Gasteiger partial charge is 0.138 e. The summed E-state index contributed by atoms with van der Waals surface area (Å²) in [4.78, 5) is 4.77. The maximum Gasteiger partial charge on any atom is 0.138 e. The molecule has 32 heavy (non-hydrogen) atoms. The van der Waals surface area contributed by atoms with Crippen molar-refractivity contribution in [3.63, 3.8) is 0 Å². The number of pyridine rings is 1. The van der Waals surface area contributed by atoms with E-state index in [4.69, 9.17) is 15.5 Å². The van der Waals surface area contributed by atoms with Crippen molar-refractivity contribution < 1.29 is 4.74 Å². The van der Waals surface area contributed by atoms with Crippen LogP contribution in [0.3, 0.4) is 0 Å². The Morgan fingerprint density at radius 1 is 0.844 bits per heavy atom. The van der Waals surface area contributed by atoms with E-state index in [9.17, 15) is 0 Å². The summed E-state index contributed by atoms with van der Waals surface area (Å²) in [6.45, 7) is 0.418. The van der Waals surface area contributed by atoms with Crippen LogP contribution in [0.25, 0.3) is 33.3 Å². The van der Waals surface area contributed by atoms with Crippen molar-refractivity contribution >= 4 is 10.9 Å². The molecule has 0 unspecified atom stereocenters. The first-order valence-electron chi connectivity index (χ1n) is 10.7. The van der Waals surface area contributed by atoms with Crippen molar-refractivity contribution in [3.8, 4) is 28.1 Å². The molecule has 0 fully saturated rings. The topological polar surface area (TPSA) is 76.8 Å². The van der Waals surface area contributed by atoms with Crippen molar-refractivity contribution in [2.45, 2.75) is 12.5 Å². The second kappa shape index (κ2) is 9.04. The van der Waals surface area contributed by atoms with Crippen LogP contribution in [0.5, 0.6) is 5.75 Å². The third-order valence-electron chi connectivity index (χ3n) is 5.47. The van der Waals surface area contributed by atoms with Crippen molar-refractivity contribution in [1.29, 1.82) is 0 Å². The van der Waals surface area contributed by atoms with E-state index in [2.05, 4.69) is 46.6 Å². The van der Waals surface area contributed by atoms with Crippen LogP contribution in [0.1, 0.15) is 5.56 Å². The Bertz CT molecular complexity index is 1320. The minimum atomic E-state index is -0.100. The number of aromatic amines is 1. The number of ether oxygens (including phenoxy) is 1. The lowest BCUT2D eigenvalue weighted by molar-refractivity contribution is 0.287. The van der Waals surface area contributed by atoms with Gasteiger partial charge in [0.25, 0.3) is 0 Å². The van der Waals surface area contributed by atoms with E-state index in [1.54, 1.807) is 6.20 Å². The molecule has 5 nitrogen and oxygen atoms in total. The van der Waals surface area contributed by atoms with Crippen molar-refractivity contribution in [2.75, 3.05) is 6.61 Å². The molecule has 0 saturated carbocycles. The molecule has 5 aromatic rings. The van der Waals surface area contributed by atoms with Gasteiger partial charge in [-0.15, -0.1) is 0 Å². The lowest BCUT2D eigenvalue weighted by atomic mass is 9.98. The average Bonchev–Trinajstić information content (AvgIpc) is 3.32. The summed E-state index contributed by atoms with van der Waals surface area (Å²) in [5, 5.41) is 8.20. The predicted molar refractivity (Wildman–Crippen MR) is 128 cm³/mol. The third kappa shape index (κ3) is 4.38. The van der Waals surface area contributed by atoms with Crippen LogP contribution >= 0.6 is 0 Å². The van der Waals surface area contributed by atoms with Gasteiger partial charge >= 0.3 is 0 Å². The first-order valence-corrected chi connectivity index (χ1v) is 10.7. The highest BCUT2D eigenvalue weighted by Crippen LogP contribution is 2.34. The van der Waals surface area contributed by atoms with Gasteiger partial charge in [0.1, 0.15) is 12.4 Å². The number of rotatable bonds is 7. The van der Waals surface area contributed by atoms with Crippen LogP contribution in [-0.4, -0.2) is 27.8 Å². The summed E-state index contributed by atoms with van der Waals surface area (Å²) < 4.78 is 6.06. The van der Waals surface area contributed by atoms with Gasteiger partial charge in [0.15, 0.2) is 0 Å². The number of nitrogens with two attached hydrogens (primary N) is 1. The van der Waals surface area contributed by atoms with E-state index < -0.39 is 0 Å². The van der Waals surface area contributed by atoms with Crippen LogP contribution < -0.4 is 10.5 Å². The van der Waals surface area contributed by atoms with Gasteiger partial charge in [0.2, 0.25) is 0 Å². The summed E-state index contributed by atoms with van der Waals surface area (Å²) in [6.07, 6.45) is 4.37. The Kier molecular flexibility index (Phi) is 5.64. The van der Waals surface area contributed by atoms with Crippen LogP contribution in [-0.2, 0) is 6.42 Å². The zero-order valence-corrected chi connectivity index (χ0v) is 17.6. The average molecular weight is 421 g/mol. The van der Waals surface area contributed by atoms with Gasteiger partial charge in [-0.3, -0.25) is 10.1 Å². The second-order valence-electron chi connectivity index (χ2n) is 7.87. The molecule has 0 bridgehead atoms. The van der Waals surface area contributed by atoms with E-state index in [0.717, 1.165) is 39.7 Å². The van der Waals surface area contributed by atoms with Crippen LogP contribution in [0.4, 0.5) is 0 Å². The number of fused-ring (bicyclic) bond motifs is 1. The molecule has 2 heterocycles. The fraction of sp³-hybridized carbons (Fsp3) is 0.111. The Balaban J connectivity index is 1.44. The number of hydrogen-bond donors (Lipinski definition) is 2. The number of nitrogens with zero attached hydrogens (tertiary/aromatic N) is 2. The first-order chi connectivity index (χ1) is 15.8. The number of benzene rings is 3. The fourth-order valence-electron chi connectivity index (χ4n) is 3.86. The Hall–Kier alpha value is -3.96. The van der Waals surface area contributed by atoms with E-state index in [1.165, 1.54) is 5.56 Å². The Labute approximate surface area is 186 Å². The fourth-order valence-corrected chi connectivity index (χ4v) is 3.86. The number of aromatic nitrogens is 3. The van der Waals surface area contributed by atoms with E-state index >= 15 is 0 Å². The Morgan fingerprint density at radius 3 is 2.44 bits per heavy atom. The van der Waals surface area contributed by atoms with Crippen molar-refractivity contribution in [3.05, 3.63) is 103 Å². The van der Waals surface area contributed by atoms with Gasteiger partial charge in [0, 0.05) is 22.6 Å². The number of hydrogen-bond acceptors (Lipinski definition) is 4. The van der Waals surface area contributed by atoms with Gasteiger partial charge in [-0.1, -0.05) is 66.7 Å². The van der Waals surface area contributed by atoms with Crippen LogP contribution in [0.2, 0.25) is 0 Å². The molecule has 0 radical (unpaired) electrons. The highest BCUT2D eigenvalue weighted by atomic mass is 16.5. The summed E-state index contributed by atoms with van der Waals surface area (Å²) in [6, 6.07) is 28.6. The van der Waals surface area contributed by atoms with Crippen molar-refractivity contribution in [1.82, 2.24) is 15.2 Å². The highest BCUT2D eigenvalue weighted by molar-refractivity contribution is 5.88. The molecule has 5 heteroatoms. The molecule has 2 aromatic heterocycles. The maximum atomic E-state index is 6.32. The molecule has 0 saturated heterocycles. The lowest BCUT2D eigenvalue weighted by Crippen LogP contribution is -2.30. The summed E-state index contributed by atoms with van der Waals surface area (Å²) in [5.74, 6) is 0.704. The lowest BCUT2D eigenvalue weighted by Gasteiger charge is -2.16. The number of H-pyrrole nitrogens is 1. The minimum Gasteiger partial charge on any atom is -0.490 e. The summed E-state index contributed by atoms with van der Waals surface area (Å²) in [7, 11) is 0. The van der Waals surface area contributed by atoms with Gasteiger partial charge < -0.3 is 10.5 Å². The monoisotopic (exact) mass is 420 g/mol. The van der Waals surface area contributed by atoms with Gasteiger partial charge in [0.05, 0.1) is 23.6 Å². The number of nitrogens with one attached hydrogen (secondary N) is 1. The molecule has 5 rings (SSSR count). The zero-order valence-electron chi connectivity index (χ0n) is 17.6. The molecular weight excluding hydrogens is 396 g/mol. The molecule has 0 aliphatic heterocycles. The quantitative estimate of drug-likeness (QED) is 0.377. The van der Waals surface area contributed by atoms with Crippen LogP contribution in [0, 0.1) is 0 Å². The van der Waals surface area contributed by atoms with Gasteiger partial charge in [-0.2, -0.15) is 5.10 Å². The van der Waals surface area contributed by atoms with Crippen LogP contribution in [0.15, 0.2) is 97.3 Å². The van der Waals surface area contributed by atoms with E-state index in [-0.39, 0.29) is 6.04 Å². The standard InChI is InChI=1S/C27H24N4O/c28-23(13-19-7-3-1-4-8-19)18-32-24-15-25(21-11-12-26-22(14-21)16-30-31-26)27(29-17-24)20-9-5-2-6-10-20/h1-12,14-17,23H,13,18,28H2,(H,30,31)/t23-/m0/s1. The molecule has 158 valence electrons. The molecule has 3 aromatic carbocycles. The molecule has 0 aliphatic rings. The third-order valence-corrected chi connectivity index (χ3v) is 5.47. The SMILES string of the molecule is N[C@H](COc1cnc(-c2ccccc2)c(-c2ccc3[nH]ncc3c2)c1)Cc1ccccc1. The maximum absolute atomic E-state index is 6.32. The largest absolute Gasteiger partial charge is 0.490 e. The molecular formula is C27H24N4O. The summed E-state index contributed by atoms with van der Waals surface area (Å²) in [5.41, 5.74) is 12.6. The molecule has 0 amide bonds. The molecule has 0 aliphatic carbocycles. The predicted octanol–water partition coefficient (Wildman–Crippen LogP) is 5.24. The van der Waals surface area contributed by atoms with E-state index in [1.807, 2.05) is 54.7 Å². The molecule has 1 atom stereocenters. The van der Waals surface area contributed by atoms with Crippen molar-refractivity contribution in [2.24, 2.45) is 5.73 Å². The Morgan fingerprint density at radius 2 is 1.62 bits per heavy atom. The zero-order chi connectivity index (χ0) is 21.8. The van der Waals surface area contributed by atoms with E-state index in [0.29, 0.717) is 12.4 Å². The first kappa shape index (κ1) is 20.0. The second-order valence-corrected chi connectivity index (χ2v) is 7.87. The minimum absolute atomic E-state index is 0.100.